The zero-order valence-electron chi connectivity index (χ0n) is 13.0. The number of carbonyl (C=O) groups excluding carboxylic acids is 1. The van der Waals surface area contributed by atoms with Crippen molar-refractivity contribution in [2.75, 3.05) is 37.4 Å². The number of hydrogen-bond acceptors (Lipinski definition) is 5. The van der Waals surface area contributed by atoms with Gasteiger partial charge in [0.25, 0.3) is 0 Å². The van der Waals surface area contributed by atoms with Gasteiger partial charge in [-0.1, -0.05) is 20.8 Å². The Kier molecular flexibility index (Phi) is 6.21. The van der Waals surface area contributed by atoms with Crippen molar-refractivity contribution in [1.29, 1.82) is 0 Å². The van der Waals surface area contributed by atoms with Crippen LogP contribution in [0.3, 0.4) is 0 Å². The lowest BCUT2D eigenvalue weighted by molar-refractivity contribution is -0.119. The van der Waals surface area contributed by atoms with Gasteiger partial charge in [0.1, 0.15) is 18.0 Å². The maximum absolute atomic E-state index is 11.9. The van der Waals surface area contributed by atoms with E-state index < -0.39 is 0 Å². The Morgan fingerprint density at radius 3 is 2.65 bits per heavy atom. The van der Waals surface area contributed by atoms with E-state index in [-0.39, 0.29) is 5.91 Å². The average molecular weight is 279 g/mol. The third-order valence-electron chi connectivity index (χ3n) is 2.96. The molecule has 0 bridgehead atoms. The highest BCUT2D eigenvalue weighted by molar-refractivity contribution is 5.81. The number of amides is 1. The van der Waals surface area contributed by atoms with Gasteiger partial charge < -0.3 is 15.5 Å². The summed E-state index contributed by atoms with van der Waals surface area (Å²) in [6.45, 7) is 7.18. The van der Waals surface area contributed by atoms with Gasteiger partial charge in [-0.2, -0.15) is 0 Å². The van der Waals surface area contributed by atoms with E-state index in [2.05, 4.69) is 41.4 Å². The highest BCUT2D eigenvalue weighted by Crippen LogP contribution is 2.22. The number of aromatic nitrogens is 2. The molecule has 0 radical (unpaired) electrons. The number of carbonyl (C=O) groups is 1. The molecule has 0 spiro atoms. The van der Waals surface area contributed by atoms with Gasteiger partial charge in [0.15, 0.2) is 0 Å². The smallest absolute Gasteiger partial charge is 0.239 e. The van der Waals surface area contributed by atoms with Crippen LogP contribution in [0.5, 0.6) is 0 Å². The van der Waals surface area contributed by atoms with E-state index in [9.17, 15) is 4.79 Å². The molecule has 1 amide bonds. The lowest BCUT2D eigenvalue weighted by Gasteiger charge is -2.21. The largest absolute Gasteiger partial charge is 0.373 e. The summed E-state index contributed by atoms with van der Waals surface area (Å²) >= 11 is 0. The van der Waals surface area contributed by atoms with Crippen molar-refractivity contribution >= 4 is 17.5 Å². The predicted octanol–water partition coefficient (Wildman–Crippen LogP) is 1.29. The van der Waals surface area contributed by atoms with Gasteiger partial charge in [-0.05, 0) is 12.3 Å². The van der Waals surface area contributed by atoms with E-state index in [1.165, 1.54) is 6.33 Å². The van der Waals surface area contributed by atoms with Crippen LogP contribution in [0.15, 0.2) is 6.33 Å². The number of nitrogens with one attached hydrogen (secondary N) is 2. The molecule has 0 aliphatic carbocycles. The van der Waals surface area contributed by atoms with Crippen molar-refractivity contribution in [2.24, 2.45) is 5.92 Å². The highest BCUT2D eigenvalue weighted by atomic mass is 16.2. The number of rotatable bonds is 7. The Balaban J connectivity index is 2.77. The second-order valence-electron chi connectivity index (χ2n) is 5.18. The highest BCUT2D eigenvalue weighted by Gasteiger charge is 2.15. The molecule has 1 aromatic heterocycles. The van der Waals surface area contributed by atoms with Crippen molar-refractivity contribution in [3.8, 4) is 0 Å². The first-order valence-electron chi connectivity index (χ1n) is 6.99. The molecular weight excluding hydrogens is 254 g/mol. The first kappa shape index (κ1) is 16.2. The quantitative estimate of drug-likeness (QED) is 0.787. The molecular formula is C14H25N5O. The zero-order valence-corrected chi connectivity index (χ0v) is 13.0. The second kappa shape index (κ2) is 7.67. The molecule has 0 fully saturated rings. The molecule has 2 N–H and O–H groups in total. The van der Waals surface area contributed by atoms with Crippen LogP contribution in [0.1, 0.15) is 26.3 Å². The van der Waals surface area contributed by atoms with E-state index in [1.807, 2.05) is 19.0 Å². The minimum atomic E-state index is 0.00729. The Labute approximate surface area is 121 Å². The summed E-state index contributed by atoms with van der Waals surface area (Å²) in [6.07, 6.45) is 2.33. The molecule has 0 aliphatic heterocycles. The summed E-state index contributed by atoms with van der Waals surface area (Å²) < 4.78 is 0. The first-order valence-corrected chi connectivity index (χ1v) is 6.99. The van der Waals surface area contributed by atoms with Gasteiger partial charge in [0.2, 0.25) is 5.91 Å². The van der Waals surface area contributed by atoms with Crippen LogP contribution < -0.4 is 15.5 Å². The van der Waals surface area contributed by atoms with Gasteiger partial charge in [-0.3, -0.25) is 4.79 Å². The van der Waals surface area contributed by atoms with Crippen molar-refractivity contribution < 1.29 is 4.79 Å². The molecule has 0 atom stereocenters. The fourth-order valence-electron chi connectivity index (χ4n) is 1.94. The fourth-order valence-corrected chi connectivity index (χ4v) is 1.94. The second-order valence-corrected chi connectivity index (χ2v) is 5.18. The summed E-state index contributed by atoms with van der Waals surface area (Å²) in [7, 11) is 3.70. The Morgan fingerprint density at radius 1 is 1.40 bits per heavy atom. The van der Waals surface area contributed by atoms with E-state index in [0.29, 0.717) is 19.0 Å². The Bertz CT molecular complexity index is 447. The molecule has 6 nitrogen and oxygen atoms in total. The zero-order chi connectivity index (χ0) is 15.1. The molecule has 0 unspecified atom stereocenters. The SMILES string of the molecule is CCc1c(NC)ncnc1N(C)CC(=O)NCC(C)C. The van der Waals surface area contributed by atoms with Crippen molar-refractivity contribution in [1.82, 2.24) is 15.3 Å². The molecule has 1 heterocycles. The van der Waals surface area contributed by atoms with Gasteiger partial charge >= 0.3 is 0 Å². The lowest BCUT2D eigenvalue weighted by atomic mass is 10.2. The normalized spacial score (nSPS) is 10.5. The van der Waals surface area contributed by atoms with Crippen LogP contribution in [0.4, 0.5) is 11.6 Å². The van der Waals surface area contributed by atoms with Crippen LogP contribution in [0, 0.1) is 5.92 Å². The van der Waals surface area contributed by atoms with Crippen LogP contribution in [-0.4, -0.2) is 43.1 Å². The van der Waals surface area contributed by atoms with Crippen LogP contribution in [-0.2, 0) is 11.2 Å². The molecule has 0 aliphatic rings. The maximum atomic E-state index is 11.9. The molecule has 112 valence electrons. The maximum Gasteiger partial charge on any atom is 0.239 e. The van der Waals surface area contributed by atoms with E-state index in [1.54, 1.807) is 0 Å². The van der Waals surface area contributed by atoms with Crippen LogP contribution >= 0.6 is 0 Å². The first-order chi connectivity index (χ1) is 9.49. The molecule has 0 saturated carbocycles. The monoisotopic (exact) mass is 279 g/mol. The van der Waals surface area contributed by atoms with Gasteiger partial charge in [-0.25, -0.2) is 9.97 Å². The fraction of sp³-hybridized carbons (Fsp3) is 0.643. The van der Waals surface area contributed by atoms with E-state index in [0.717, 1.165) is 23.6 Å². The van der Waals surface area contributed by atoms with Crippen molar-refractivity contribution in [3.63, 3.8) is 0 Å². The summed E-state index contributed by atoms with van der Waals surface area (Å²) in [4.78, 5) is 22.2. The van der Waals surface area contributed by atoms with E-state index >= 15 is 0 Å². The minimum absolute atomic E-state index is 0.00729. The minimum Gasteiger partial charge on any atom is -0.373 e. The number of anilines is 2. The molecule has 1 aromatic rings. The predicted molar refractivity (Wildman–Crippen MR) is 82.1 cm³/mol. The van der Waals surface area contributed by atoms with Crippen molar-refractivity contribution in [3.05, 3.63) is 11.9 Å². The third-order valence-corrected chi connectivity index (χ3v) is 2.96. The standard InChI is InChI=1S/C14H25N5O/c1-6-11-13(15-4)17-9-18-14(11)19(5)8-12(20)16-7-10(2)3/h9-10H,6-8H2,1-5H3,(H,16,20)(H,15,17,18). The summed E-state index contributed by atoms with van der Waals surface area (Å²) in [5, 5.41) is 5.97. The average Bonchev–Trinajstić information content (AvgIpc) is 2.43. The topological polar surface area (TPSA) is 70.2 Å². The molecule has 6 heteroatoms. The van der Waals surface area contributed by atoms with Gasteiger partial charge in [0.05, 0.1) is 6.54 Å². The van der Waals surface area contributed by atoms with Gasteiger partial charge in [0, 0.05) is 26.2 Å². The molecule has 0 saturated heterocycles. The molecule has 20 heavy (non-hydrogen) atoms. The summed E-state index contributed by atoms with van der Waals surface area (Å²) in [5.41, 5.74) is 1.02. The Hall–Kier alpha value is -1.85. The lowest BCUT2D eigenvalue weighted by Crippen LogP contribution is -2.37. The van der Waals surface area contributed by atoms with Gasteiger partial charge in [-0.15, -0.1) is 0 Å². The summed E-state index contributed by atoms with van der Waals surface area (Å²) in [5.74, 6) is 2.07. The van der Waals surface area contributed by atoms with Crippen LogP contribution in [0.25, 0.3) is 0 Å². The Morgan fingerprint density at radius 2 is 2.10 bits per heavy atom. The summed E-state index contributed by atoms with van der Waals surface area (Å²) in [6, 6.07) is 0. The molecule has 1 rings (SSSR count). The van der Waals surface area contributed by atoms with Crippen LogP contribution in [0.2, 0.25) is 0 Å². The van der Waals surface area contributed by atoms with E-state index in [4.69, 9.17) is 0 Å². The molecule has 0 aromatic carbocycles. The van der Waals surface area contributed by atoms with Crippen molar-refractivity contribution in [2.45, 2.75) is 27.2 Å². The third kappa shape index (κ3) is 4.36. The number of hydrogen-bond donors (Lipinski definition) is 2. The number of likely N-dealkylation sites (N-methyl/N-ethyl adjacent to an activating group) is 1. The number of nitrogens with zero attached hydrogens (tertiary/aromatic N) is 3.